The average Bonchev–Trinajstić information content (AvgIpc) is 2.85. The van der Waals surface area contributed by atoms with E-state index < -0.39 is 0 Å². The predicted molar refractivity (Wildman–Crippen MR) is 131 cm³/mol. The van der Waals surface area contributed by atoms with Crippen LogP contribution in [0.4, 0.5) is 5.69 Å². The van der Waals surface area contributed by atoms with Crippen LogP contribution in [-0.2, 0) is 4.79 Å². The second-order valence-corrected chi connectivity index (χ2v) is 7.50. The first kappa shape index (κ1) is 24.3. The molecule has 0 radical (unpaired) electrons. The first-order chi connectivity index (χ1) is 16.4. The highest BCUT2D eigenvalue weighted by Gasteiger charge is 2.10. The normalized spacial score (nSPS) is 10.6. The molecule has 176 valence electrons. The largest absolute Gasteiger partial charge is 0.497 e. The van der Waals surface area contributed by atoms with Crippen molar-refractivity contribution < 1.29 is 23.8 Å². The molecule has 8 nitrogen and oxygen atoms in total. The lowest BCUT2D eigenvalue weighted by Gasteiger charge is -2.12. The third kappa shape index (κ3) is 6.59. The fourth-order valence-electron chi connectivity index (χ4n) is 3.08. The number of aryl methyl sites for hydroxylation is 2. The van der Waals surface area contributed by atoms with E-state index in [0.29, 0.717) is 28.4 Å². The first-order valence-electron chi connectivity index (χ1n) is 10.5. The molecule has 0 fully saturated rings. The van der Waals surface area contributed by atoms with Crippen LogP contribution in [0, 0.1) is 13.8 Å². The van der Waals surface area contributed by atoms with Gasteiger partial charge >= 0.3 is 0 Å². The number of carbonyl (C=O) groups excluding carboxylic acids is 2. The van der Waals surface area contributed by atoms with Crippen LogP contribution in [0.2, 0.25) is 0 Å². The molecule has 0 atom stereocenters. The Bertz CT molecular complexity index is 1210. The van der Waals surface area contributed by atoms with Crippen LogP contribution in [0.25, 0.3) is 0 Å². The van der Waals surface area contributed by atoms with E-state index in [1.807, 2.05) is 32.0 Å². The maximum Gasteiger partial charge on any atom is 0.271 e. The molecule has 2 N–H and O–H groups in total. The van der Waals surface area contributed by atoms with Crippen LogP contribution >= 0.6 is 0 Å². The SMILES string of the molecule is COc1cccc(C(=O)N/N=C/c2ccc(OCC(=O)Nc3cc(C)ccc3C)c(OC)c2)c1. The summed E-state index contributed by atoms with van der Waals surface area (Å²) in [6.45, 7) is 3.72. The molecule has 3 aromatic rings. The van der Waals surface area contributed by atoms with E-state index in [9.17, 15) is 9.59 Å². The number of nitrogens with one attached hydrogen (secondary N) is 2. The van der Waals surface area contributed by atoms with Gasteiger partial charge in [-0.05, 0) is 73.0 Å². The van der Waals surface area contributed by atoms with Crippen molar-refractivity contribution in [3.8, 4) is 17.2 Å². The molecule has 0 unspecified atom stereocenters. The van der Waals surface area contributed by atoms with Gasteiger partial charge in [-0.15, -0.1) is 0 Å². The molecule has 0 heterocycles. The number of methoxy groups -OCH3 is 2. The third-order valence-electron chi connectivity index (χ3n) is 4.93. The van der Waals surface area contributed by atoms with Crippen LogP contribution in [0.5, 0.6) is 17.2 Å². The number of ether oxygens (including phenoxy) is 3. The van der Waals surface area contributed by atoms with Gasteiger partial charge in [0.05, 0.1) is 20.4 Å². The topological polar surface area (TPSA) is 98.3 Å². The summed E-state index contributed by atoms with van der Waals surface area (Å²) in [5.74, 6) is 0.789. The minimum Gasteiger partial charge on any atom is -0.497 e. The van der Waals surface area contributed by atoms with Crippen molar-refractivity contribution in [1.29, 1.82) is 0 Å². The Morgan fingerprint density at radius 2 is 1.76 bits per heavy atom. The lowest BCUT2D eigenvalue weighted by molar-refractivity contribution is -0.118. The van der Waals surface area contributed by atoms with E-state index in [1.54, 1.807) is 42.5 Å². The van der Waals surface area contributed by atoms with Gasteiger partial charge in [-0.2, -0.15) is 5.10 Å². The molecule has 0 aromatic heterocycles. The number of nitrogens with zero attached hydrogens (tertiary/aromatic N) is 1. The number of hydrogen-bond acceptors (Lipinski definition) is 6. The molecule has 0 aliphatic heterocycles. The van der Waals surface area contributed by atoms with Gasteiger partial charge in [0.1, 0.15) is 5.75 Å². The Kier molecular flexibility index (Phi) is 8.23. The number of carbonyl (C=O) groups is 2. The highest BCUT2D eigenvalue weighted by Crippen LogP contribution is 2.27. The van der Waals surface area contributed by atoms with Gasteiger partial charge in [-0.1, -0.05) is 18.2 Å². The molecule has 0 saturated carbocycles. The number of hydrazone groups is 1. The molecular weight excluding hydrogens is 434 g/mol. The summed E-state index contributed by atoms with van der Waals surface area (Å²) in [6.07, 6.45) is 1.48. The summed E-state index contributed by atoms with van der Waals surface area (Å²) in [7, 11) is 3.04. The summed E-state index contributed by atoms with van der Waals surface area (Å²) >= 11 is 0. The van der Waals surface area contributed by atoms with Gasteiger partial charge in [0.2, 0.25) is 0 Å². The highest BCUT2D eigenvalue weighted by molar-refractivity contribution is 5.95. The zero-order valence-electron chi connectivity index (χ0n) is 19.5. The Morgan fingerprint density at radius 1 is 0.941 bits per heavy atom. The van der Waals surface area contributed by atoms with Crippen LogP contribution in [-0.4, -0.2) is 38.9 Å². The minimum absolute atomic E-state index is 0.173. The molecule has 0 spiro atoms. The second-order valence-electron chi connectivity index (χ2n) is 7.50. The molecule has 34 heavy (non-hydrogen) atoms. The van der Waals surface area contributed by atoms with E-state index in [4.69, 9.17) is 14.2 Å². The van der Waals surface area contributed by atoms with Crippen molar-refractivity contribution in [3.63, 3.8) is 0 Å². The molecule has 3 rings (SSSR count). The van der Waals surface area contributed by atoms with Gasteiger partial charge in [-0.25, -0.2) is 5.43 Å². The molecule has 0 aliphatic carbocycles. The molecule has 0 aliphatic rings. The Morgan fingerprint density at radius 3 is 2.53 bits per heavy atom. The quantitative estimate of drug-likeness (QED) is 0.369. The van der Waals surface area contributed by atoms with Crippen molar-refractivity contribution in [2.45, 2.75) is 13.8 Å². The summed E-state index contributed by atoms with van der Waals surface area (Å²) < 4.78 is 16.1. The molecule has 0 saturated heterocycles. The van der Waals surface area contributed by atoms with Gasteiger partial charge in [-0.3, -0.25) is 9.59 Å². The average molecular weight is 462 g/mol. The van der Waals surface area contributed by atoms with Crippen molar-refractivity contribution in [2.75, 3.05) is 26.1 Å². The summed E-state index contributed by atoms with van der Waals surface area (Å²) in [4.78, 5) is 24.6. The number of amides is 2. The zero-order chi connectivity index (χ0) is 24.5. The molecule has 2 amide bonds. The van der Waals surface area contributed by atoms with E-state index in [2.05, 4.69) is 15.8 Å². The number of benzene rings is 3. The second kappa shape index (κ2) is 11.5. The van der Waals surface area contributed by atoms with Crippen LogP contribution in [0.3, 0.4) is 0 Å². The fraction of sp³-hybridized carbons (Fsp3) is 0.192. The van der Waals surface area contributed by atoms with Crippen molar-refractivity contribution in [2.24, 2.45) is 5.10 Å². The standard InChI is InChI=1S/C26H27N3O5/c1-17-8-9-18(2)22(12-17)28-25(30)16-34-23-11-10-19(13-24(23)33-4)15-27-29-26(31)20-6-5-7-21(14-20)32-3/h5-15H,16H2,1-4H3,(H,28,30)(H,29,31)/b27-15+. The zero-order valence-corrected chi connectivity index (χ0v) is 19.5. The van der Waals surface area contributed by atoms with Gasteiger partial charge in [0.25, 0.3) is 11.8 Å². The Hall–Kier alpha value is -4.33. The number of rotatable bonds is 9. The predicted octanol–water partition coefficient (Wildman–Crippen LogP) is 4.10. The monoisotopic (exact) mass is 461 g/mol. The van der Waals surface area contributed by atoms with Crippen molar-refractivity contribution in [3.05, 3.63) is 82.9 Å². The Balaban J connectivity index is 1.58. The number of hydrogen-bond donors (Lipinski definition) is 2. The summed E-state index contributed by atoms with van der Waals surface area (Å²) in [5, 5.41) is 6.84. The van der Waals surface area contributed by atoms with E-state index in [0.717, 1.165) is 16.8 Å². The minimum atomic E-state index is -0.364. The lowest BCUT2D eigenvalue weighted by Crippen LogP contribution is -2.21. The summed E-state index contributed by atoms with van der Waals surface area (Å²) in [6, 6.07) is 17.7. The molecular formula is C26H27N3O5. The van der Waals surface area contributed by atoms with Gasteiger partial charge < -0.3 is 19.5 Å². The van der Waals surface area contributed by atoms with Crippen LogP contribution in [0.1, 0.15) is 27.0 Å². The van der Waals surface area contributed by atoms with Crippen LogP contribution in [0.15, 0.2) is 65.8 Å². The number of anilines is 1. The van der Waals surface area contributed by atoms with Crippen molar-refractivity contribution in [1.82, 2.24) is 5.43 Å². The maximum atomic E-state index is 12.3. The van der Waals surface area contributed by atoms with Gasteiger partial charge in [0.15, 0.2) is 18.1 Å². The van der Waals surface area contributed by atoms with E-state index in [1.165, 1.54) is 20.4 Å². The van der Waals surface area contributed by atoms with Gasteiger partial charge in [0, 0.05) is 11.3 Å². The van der Waals surface area contributed by atoms with Crippen LogP contribution < -0.4 is 25.0 Å². The Labute approximate surface area is 198 Å². The fourth-order valence-corrected chi connectivity index (χ4v) is 3.08. The summed E-state index contributed by atoms with van der Waals surface area (Å²) in [5.41, 5.74) is 6.36. The van der Waals surface area contributed by atoms with E-state index >= 15 is 0 Å². The van der Waals surface area contributed by atoms with E-state index in [-0.39, 0.29) is 18.4 Å². The van der Waals surface area contributed by atoms with Crippen molar-refractivity contribution >= 4 is 23.7 Å². The maximum absolute atomic E-state index is 12.3. The molecule has 3 aromatic carbocycles. The lowest BCUT2D eigenvalue weighted by atomic mass is 10.1. The first-order valence-corrected chi connectivity index (χ1v) is 10.5. The molecule has 8 heteroatoms. The molecule has 0 bridgehead atoms. The third-order valence-corrected chi connectivity index (χ3v) is 4.93. The smallest absolute Gasteiger partial charge is 0.271 e. The highest BCUT2D eigenvalue weighted by atomic mass is 16.5.